The summed E-state index contributed by atoms with van der Waals surface area (Å²) in [7, 11) is 0. The number of carbonyl (C=O) groups is 1. The van der Waals surface area contributed by atoms with E-state index >= 15 is 0 Å². The van der Waals surface area contributed by atoms with Crippen molar-refractivity contribution in [3.8, 4) is 0 Å². The summed E-state index contributed by atoms with van der Waals surface area (Å²) < 4.78 is 19.1. The Morgan fingerprint density at radius 1 is 1.15 bits per heavy atom. The largest absolute Gasteiger partial charge is 0.464 e. The zero-order valence-electron chi connectivity index (χ0n) is 10.4. The number of Topliss-reactive ketones (excluding diaryl/α,β-unsaturated/α-hetero) is 1. The van der Waals surface area contributed by atoms with Gasteiger partial charge in [-0.15, -0.1) is 0 Å². The van der Waals surface area contributed by atoms with E-state index in [4.69, 9.17) is 16.0 Å². The molecule has 0 unspecified atom stereocenters. The van der Waals surface area contributed by atoms with Crippen LogP contribution in [0.4, 0.5) is 4.39 Å². The first-order valence-corrected chi connectivity index (χ1v) is 6.47. The zero-order valence-corrected chi connectivity index (χ0v) is 11.2. The first kappa shape index (κ1) is 12.9. The van der Waals surface area contributed by atoms with Crippen LogP contribution in [0.1, 0.15) is 15.9 Å². The molecule has 0 radical (unpaired) electrons. The number of para-hydroxylation sites is 1. The Morgan fingerprint density at radius 3 is 2.80 bits per heavy atom. The van der Waals surface area contributed by atoms with Gasteiger partial charge in [-0.2, -0.15) is 0 Å². The molecule has 1 aromatic heterocycles. The number of furan rings is 1. The Labute approximate surface area is 119 Å². The highest BCUT2D eigenvalue weighted by Gasteiger charge is 2.16. The van der Waals surface area contributed by atoms with E-state index in [1.165, 1.54) is 12.3 Å². The van der Waals surface area contributed by atoms with Gasteiger partial charge in [0.05, 0.1) is 10.6 Å². The minimum atomic E-state index is -0.546. The highest BCUT2D eigenvalue weighted by Crippen LogP contribution is 2.24. The monoisotopic (exact) mass is 288 g/mol. The highest BCUT2D eigenvalue weighted by molar-refractivity contribution is 6.30. The van der Waals surface area contributed by atoms with Crippen molar-refractivity contribution in [3.63, 3.8) is 0 Å². The van der Waals surface area contributed by atoms with Crippen molar-refractivity contribution in [2.24, 2.45) is 0 Å². The molecule has 0 atom stereocenters. The van der Waals surface area contributed by atoms with E-state index in [9.17, 15) is 9.18 Å². The lowest BCUT2D eigenvalue weighted by Crippen LogP contribution is -2.04. The molecule has 0 aliphatic heterocycles. The van der Waals surface area contributed by atoms with Gasteiger partial charge in [-0.3, -0.25) is 4.79 Å². The van der Waals surface area contributed by atoms with E-state index in [0.29, 0.717) is 11.1 Å². The van der Waals surface area contributed by atoms with E-state index in [1.807, 2.05) is 12.1 Å². The standard InChI is InChI=1S/C16H10ClFO2/c17-13-6-3-4-10(16(13)18)8-14(19)12-9-20-15-7-2-1-5-11(12)15/h1-7,9H,8H2. The van der Waals surface area contributed by atoms with Crippen LogP contribution in [0.3, 0.4) is 0 Å². The van der Waals surface area contributed by atoms with Gasteiger partial charge in [0.15, 0.2) is 5.78 Å². The maximum atomic E-state index is 13.8. The van der Waals surface area contributed by atoms with Gasteiger partial charge < -0.3 is 4.42 Å². The number of benzene rings is 2. The number of rotatable bonds is 3. The van der Waals surface area contributed by atoms with Crippen molar-refractivity contribution in [3.05, 3.63) is 70.7 Å². The summed E-state index contributed by atoms with van der Waals surface area (Å²) >= 11 is 5.71. The predicted molar refractivity (Wildman–Crippen MR) is 75.7 cm³/mol. The summed E-state index contributed by atoms with van der Waals surface area (Å²) in [5, 5.41) is 0.757. The second-order valence-electron chi connectivity index (χ2n) is 4.46. The molecule has 0 N–H and O–H groups in total. The SMILES string of the molecule is O=C(Cc1cccc(Cl)c1F)c1coc2ccccc12. The maximum Gasteiger partial charge on any atom is 0.171 e. The van der Waals surface area contributed by atoms with E-state index in [2.05, 4.69) is 0 Å². The van der Waals surface area contributed by atoms with E-state index in [1.54, 1.807) is 24.3 Å². The summed E-state index contributed by atoms with van der Waals surface area (Å²) in [6.45, 7) is 0. The smallest absolute Gasteiger partial charge is 0.171 e. The van der Waals surface area contributed by atoms with Crippen molar-refractivity contribution in [1.82, 2.24) is 0 Å². The average Bonchev–Trinajstić information content (AvgIpc) is 2.88. The Hall–Kier alpha value is -2.13. The summed E-state index contributed by atoms with van der Waals surface area (Å²) in [6, 6.07) is 11.9. The molecule has 0 aliphatic carbocycles. The van der Waals surface area contributed by atoms with Gasteiger partial charge in [-0.25, -0.2) is 4.39 Å². The van der Waals surface area contributed by atoms with Crippen LogP contribution in [0.25, 0.3) is 11.0 Å². The average molecular weight is 289 g/mol. The van der Waals surface area contributed by atoms with Crippen molar-refractivity contribution < 1.29 is 13.6 Å². The topological polar surface area (TPSA) is 30.2 Å². The lowest BCUT2D eigenvalue weighted by atomic mass is 10.0. The Bertz CT molecular complexity index is 792. The van der Waals surface area contributed by atoms with Crippen LogP contribution >= 0.6 is 11.6 Å². The summed E-state index contributed by atoms with van der Waals surface area (Å²) in [5.74, 6) is -0.744. The lowest BCUT2D eigenvalue weighted by molar-refractivity contribution is 0.0992. The summed E-state index contributed by atoms with van der Waals surface area (Å²) in [5.41, 5.74) is 1.38. The summed E-state index contributed by atoms with van der Waals surface area (Å²) in [6.07, 6.45) is 1.37. The number of carbonyl (C=O) groups excluding carboxylic acids is 1. The Kier molecular flexibility index (Phi) is 3.28. The van der Waals surface area contributed by atoms with Crippen molar-refractivity contribution >= 4 is 28.4 Å². The van der Waals surface area contributed by atoms with Gasteiger partial charge in [0, 0.05) is 11.8 Å². The molecule has 0 bridgehead atoms. The normalized spacial score (nSPS) is 10.9. The number of halogens is 2. The minimum Gasteiger partial charge on any atom is -0.464 e. The molecule has 0 fully saturated rings. The fourth-order valence-electron chi connectivity index (χ4n) is 2.15. The third kappa shape index (κ3) is 2.21. The minimum absolute atomic E-state index is 0.0207. The van der Waals surface area contributed by atoms with Crippen LogP contribution in [0.15, 0.2) is 53.1 Å². The maximum absolute atomic E-state index is 13.8. The molecule has 2 aromatic carbocycles. The van der Waals surface area contributed by atoms with Crippen LogP contribution in [0.5, 0.6) is 0 Å². The molecule has 0 saturated heterocycles. The van der Waals surface area contributed by atoms with Crippen molar-refractivity contribution in [2.45, 2.75) is 6.42 Å². The highest BCUT2D eigenvalue weighted by atomic mass is 35.5. The van der Waals surface area contributed by atoms with Crippen LogP contribution < -0.4 is 0 Å². The zero-order chi connectivity index (χ0) is 14.1. The molecule has 2 nitrogen and oxygen atoms in total. The Morgan fingerprint density at radius 2 is 1.95 bits per heavy atom. The van der Waals surface area contributed by atoms with Gasteiger partial charge in [0.1, 0.15) is 17.7 Å². The van der Waals surface area contributed by atoms with Gasteiger partial charge >= 0.3 is 0 Å². The number of hydrogen-bond acceptors (Lipinski definition) is 2. The molecule has 0 saturated carbocycles. The van der Waals surface area contributed by atoms with Crippen LogP contribution in [-0.4, -0.2) is 5.78 Å². The second-order valence-corrected chi connectivity index (χ2v) is 4.87. The van der Waals surface area contributed by atoms with Gasteiger partial charge in [0.25, 0.3) is 0 Å². The first-order valence-electron chi connectivity index (χ1n) is 6.09. The molecule has 100 valence electrons. The number of fused-ring (bicyclic) bond motifs is 1. The van der Waals surface area contributed by atoms with Gasteiger partial charge in [0.2, 0.25) is 0 Å². The molecular weight excluding hydrogens is 279 g/mol. The van der Waals surface area contributed by atoms with E-state index in [-0.39, 0.29) is 22.8 Å². The second kappa shape index (κ2) is 5.10. The predicted octanol–water partition coefficient (Wildman–Crippen LogP) is 4.65. The van der Waals surface area contributed by atoms with Gasteiger partial charge in [-0.05, 0) is 17.7 Å². The van der Waals surface area contributed by atoms with Crippen molar-refractivity contribution in [2.75, 3.05) is 0 Å². The molecule has 1 heterocycles. The Balaban J connectivity index is 1.95. The summed E-state index contributed by atoms with van der Waals surface area (Å²) in [4.78, 5) is 12.3. The fourth-order valence-corrected chi connectivity index (χ4v) is 2.34. The molecule has 3 aromatic rings. The molecule has 3 rings (SSSR count). The van der Waals surface area contributed by atoms with Gasteiger partial charge in [-0.1, -0.05) is 41.9 Å². The van der Waals surface area contributed by atoms with Crippen LogP contribution in [-0.2, 0) is 6.42 Å². The molecule has 4 heteroatoms. The van der Waals surface area contributed by atoms with E-state index in [0.717, 1.165) is 5.39 Å². The molecular formula is C16H10ClFO2. The molecule has 0 aliphatic rings. The van der Waals surface area contributed by atoms with Crippen LogP contribution in [0, 0.1) is 5.82 Å². The third-order valence-corrected chi connectivity index (χ3v) is 3.46. The molecule has 20 heavy (non-hydrogen) atoms. The quantitative estimate of drug-likeness (QED) is 0.657. The molecule has 0 spiro atoms. The molecule has 0 amide bonds. The number of ketones is 1. The third-order valence-electron chi connectivity index (χ3n) is 3.16. The van der Waals surface area contributed by atoms with E-state index < -0.39 is 5.82 Å². The lowest BCUT2D eigenvalue weighted by Gasteiger charge is -2.03. The first-order chi connectivity index (χ1) is 9.66. The number of hydrogen-bond donors (Lipinski definition) is 0. The van der Waals surface area contributed by atoms with Crippen molar-refractivity contribution in [1.29, 1.82) is 0 Å². The fraction of sp³-hybridized carbons (Fsp3) is 0.0625. The van der Waals surface area contributed by atoms with Crippen LogP contribution in [0.2, 0.25) is 5.02 Å².